The first kappa shape index (κ1) is 21.9. The van der Waals surface area contributed by atoms with E-state index in [4.69, 9.17) is 15.0 Å². The first-order valence-electron chi connectivity index (χ1n) is 8.40. The number of benzene rings is 1. The van der Waals surface area contributed by atoms with Crippen molar-refractivity contribution in [2.45, 2.75) is 39.8 Å². The summed E-state index contributed by atoms with van der Waals surface area (Å²) in [5.41, 5.74) is 6.57. The van der Waals surface area contributed by atoms with Crippen LogP contribution in [-0.4, -0.2) is 40.6 Å². The van der Waals surface area contributed by atoms with Crippen molar-refractivity contribution >= 4 is 18.3 Å². The van der Waals surface area contributed by atoms with E-state index in [-0.39, 0.29) is 31.0 Å². The Morgan fingerprint density at radius 1 is 1.35 bits per heavy atom. The zero-order valence-electron chi connectivity index (χ0n) is 15.6. The van der Waals surface area contributed by atoms with Crippen LogP contribution in [0.25, 0.3) is 0 Å². The number of aromatic nitrogens is 2. The fourth-order valence-electron chi connectivity index (χ4n) is 2.29. The van der Waals surface area contributed by atoms with E-state index >= 15 is 0 Å². The van der Waals surface area contributed by atoms with E-state index in [1.54, 1.807) is 31.0 Å². The van der Waals surface area contributed by atoms with Gasteiger partial charge in [-0.05, 0) is 24.5 Å². The van der Waals surface area contributed by atoms with Gasteiger partial charge in [0, 0.05) is 26.6 Å². The lowest BCUT2D eigenvalue weighted by molar-refractivity contribution is 0.0784. The molecule has 1 amide bonds. The number of ether oxygens (including phenoxy) is 1. The summed E-state index contributed by atoms with van der Waals surface area (Å²) in [5.74, 6) is 1.70. The van der Waals surface area contributed by atoms with Crippen LogP contribution in [0.2, 0.25) is 0 Å². The van der Waals surface area contributed by atoms with Crippen LogP contribution in [0.5, 0.6) is 5.75 Å². The first-order valence-corrected chi connectivity index (χ1v) is 8.40. The van der Waals surface area contributed by atoms with Gasteiger partial charge in [-0.2, -0.15) is 4.98 Å². The fourth-order valence-corrected chi connectivity index (χ4v) is 2.29. The van der Waals surface area contributed by atoms with Crippen molar-refractivity contribution in [3.05, 3.63) is 41.5 Å². The average Bonchev–Trinajstić information content (AvgIpc) is 3.02. The number of halogens is 1. The summed E-state index contributed by atoms with van der Waals surface area (Å²) in [7, 11) is 1.77. The van der Waals surface area contributed by atoms with Gasteiger partial charge in [0.15, 0.2) is 6.61 Å². The zero-order valence-corrected chi connectivity index (χ0v) is 16.5. The van der Waals surface area contributed by atoms with Crippen molar-refractivity contribution in [3.63, 3.8) is 0 Å². The maximum Gasteiger partial charge on any atom is 0.257 e. The lowest BCUT2D eigenvalue weighted by atomic mass is 10.0. The van der Waals surface area contributed by atoms with Gasteiger partial charge in [-0.15, -0.1) is 12.4 Å². The van der Waals surface area contributed by atoms with Gasteiger partial charge in [0.2, 0.25) is 11.7 Å². The second-order valence-corrected chi connectivity index (χ2v) is 6.44. The van der Waals surface area contributed by atoms with Gasteiger partial charge < -0.3 is 19.9 Å². The predicted octanol–water partition coefficient (Wildman–Crippen LogP) is 2.82. The van der Waals surface area contributed by atoms with Gasteiger partial charge in [-0.3, -0.25) is 4.79 Å². The van der Waals surface area contributed by atoms with Crippen molar-refractivity contribution in [2.24, 2.45) is 11.7 Å². The van der Waals surface area contributed by atoms with Crippen LogP contribution in [-0.2, 0) is 6.61 Å². The van der Waals surface area contributed by atoms with Crippen LogP contribution in [0, 0.1) is 12.8 Å². The molecule has 1 atom stereocenters. The van der Waals surface area contributed by atoms with Gasteiger partial charge in [0.05, 0.1) is 5.56 Å². The summed E-state index contributed by atoms with van der Waals surface area (Å²) in [5, 5.41) is 3.79. The van der Waals surface area contributed by atoms with Crippen LogP contribution in [0.15, 0.2) is 28.8 Å². The Balaban J connectivity index is 0.00000338. The summed E-state index contributed by atoms with van der Waals surface area (Å²) >= 11 is 0. The number of hydrogen-bond acceptors (Lipinski definition) is 6. The molecule has 0 spiro atoms. The van der Waals surface area contributed by atoms with Crippen LogP contribution in [0.1, 0.15) is 42.3 Å². The maximum atomic E-state index is 12.7. The van der Waals surface area contributed by atoms with Gasteiger partial charge in [-0.25, -0.2) is 0 Å². The highest BCUT2D eigenvalue weighted by molar-refractivity contribution is 5.96. The molecule has 0 bridgehead atoms. The van der Waals surface area contributed by atoms with E-state index in [1.807, 2.05) is 12.1 Å². The normalized spacial score (nSPS) is 11.8. The van der Waals surface area contributed by atoms with Gasteiger partial charge >= 0.3 is 0 Å². The van der Waals surface area contributed by atoms with Crippen molar-refractivity contribution in [3.8, 4) is 5.75 Å². The molecule has 144 valence electrons. The molecule has 0 aliphatic rings. The lowest BCUT2D eigenvalue weighted by Gasteiger charge is -2.22. The highest BCUT2D eigenvalue weighted by Gasteiger charge is 2.18. The van der Waals surface area contributed by atoms with Crippen LogP contribution in [0.3, 0.4) is 0 Å². The SMILES string of the molecule is Cc1nc(COc2ccccc2C(=O)N(C)CCC(N)C(C)C)no1.Cl. The van der Waals surface area contributed by atoms with Gasteiger partial charge in [-0.1, -0.05) is 31.1 Å². The molecule has 0 aliphatic heterocycles. The Hall–Kier alpha value is -2.12. The molecule has 1 heterocycles. The molecule has 0 radical (unpaired) electrons. The second-order valence-electron chi connectivity index (χ2n) is 6.44. The van der Waals surface area contributed by atoms with E-state index < -0.39 is 0 Å². The third-order valence-corrected chi connectivity index (χ3v) is 4.04. The molecular formula is C18H27ClN4O3. The number of carbonyl (C=O) groups excluding carboxylic acids is 1. The van der Waals surface area contributed by atoms with E-state index in [0.29, 0.717) is 35.5 Å². The molecule has 0 saturated heterocycles. The second kappa shape index (κ2) is 10.1. The molecule has 0 fully saturated rings. The standard InChI is InChI=1S/C18H26N4O3.ClH/c1-12(2)15(19)9-10-22(4)18(23)14-7-5-6-8-16(14)24-11-17-20-13(3)25-21-17;/h5-8,12,15H,9-11,19H2,1-4H3;1H. The maximum absolute atomic E-state index is 12.7. The third kappa shape index (κ3) is 6.00. The van der Waals surface area contributed by atoms with Gasteiger partial charge in [0.25, 0.3) is 5.91 Å². The Labute approximate surface area is 160 Å². The fraction of sp³-hybridized carbons (Fsp3) is 0.500. The molecule has 2 rings (SSSR count). The monoisotopic (exact) mass is 382 g/mol. The smallest absolute Gasteiger partial charge is 0.257 e. The zero-order chi connectivity index (χ0) is 18.4. The van der Waals surface area contributed by atoms with E-state index in [0.717, 1.165) is 6.42 Å². The lowest BCUT2D eigenvalue weighted by Crippen LogP contribution is -2.34. The molecule has 1 aromatic carbocycles. The Morgan fingerprint density at radius 2 is 2.04 bits per heavy atom. The summed E-state index contributed by atoms with van der Waals surface area (Å²) in [4.78, 5) is 18.5. The Kier molecular flexibility index (Phi) is 8.54. The molecule has 26 heavy (non-hydrogen) atoms. The summed E-state index contributed by atoms with van der Waals surface area (Å²) in [6.45, 7) is 6.61. The average molecular weight is 383 g/mol. The molecular weight excluding hydrogens is 356 g/mol. The number of nitrogens with zero attached hydrogens (tertiary/aromatic N) is 3. The number of para-hydroxylation sites is 1. The largest absolute Gasteiger partial charge is 0.485 e. The summed E-state index contributed by atoms with van der Waals surface area (Å²) < 4.78 is 10.6. The number of nitrogens with two attached hydrogens (primary N) is 1. The van der Waals surface area contributed by atoms with Crippen LogP contribution in [0.4, 0.5) is 0 Å². The van der Waals surface area contributed by atoms with Crippen molar-refractivity contribution in [2.75, 3.05) is 13.6 Å². The third-order valence-electron chi connectivity index (χ3n) is 4.04. The molecule has 7 nitrogen and oxygen atoms in total. The van der Waals surface area contributed by atoms with Crippen LogP contribution < -0.4 is 10.5 Å². The minimum atomic E-state index is -0.101. The quantitative estimate of drug-likeness (QED) is 0.754. The summed E-state index contributed by atoms with van der Waals surface area (Å²) in [6.07, 6.45) is 0.755. The van der Waals surface area contributed by atoms with Crippen molar-refractivity contribution in [1.29, 1.82) is 0 Å². The van der Waals surface area contributed by atoms with E-state index in [2.05, 4.69) is 24.0 Å². The minimum Gasteiger partial charge on any atom is -0.485 e. The highest BCUT2D eigenvalue weighted by atomic mass is 35.5. The molecule has 0 saturated carbocycles. The minimum absolute atomic E-state index is 0. The molecule has 1 aromatic heterocycles. The predicted molar refractivity (Wildman–Crippen MR) is 101 cm³/mol. The molecule has 2 aromatic rings. The Bertz CT molecular complexity index is 705. The molecule has 2 N–H and O–H groups in total. The van der Waals surface area contributed by atoms with Crippen molar-refractivity contribution in [1.82, 2.24) is 15.0 Å². The Morgan fingerprint density at radius 3 is 2.65 bits per heavy atom. The highest BCUT2D eigenvalue weighted by Crippen LogP contribution is 2.21. The molecule has 1 unspecified atom stereocenters. The number of rotatable bonds is 8. The topological polar surface area (TPSA) is 94.5 Å². The van der Waals surface area contributed by atoms with Gasteiger partial charge in [0.1, 0.15) is 5.75 Å². The van der Waals surface area contributed by atoms with E-state index in [9.17, 15) is 4.79 Å². The number of hydrogen-bond donors (Lipinski definition) is 1. The van der Waals surface area contributed by atoms with Crippen LogP contribution >= 0.6 is 12.4 Å². The molecule has 8 heteroatoms. The van der Waals surface area contributed by atoms with Crippen molar-refractivity contribution < 1.29 is 14.1 Å². The first-order chi connectivity index (χ1) is 11.9. The summed E-state index contributed by atoms with van der Waals surface area (Å²) in [6, 6.07) is 7.21. The number of carbonyl (C=O) groups is 1. The molecule has 0 aliphatic carbocycles. The van der Waals surface area contributed by atoms with E-state index in [1.165, 1.54) is 0 Å². The number of aryl methyl sites for hydroxylation is 1. The number of amides is 1.